The van der Waals surface area contributed by atoms with Gasteiger partial charge in [-0.25, -0.2) is 0 Å². The standard InChI is InChI=1S/C14H25N/c1-10(2)13-9-12(14(4,5)6)7-8-15-11(13)3/h7-11,13,15H,1-6H3. The minimum atomic E-state index is 0.245. The van der Waals surface area contributed by atoms with Crippen molar-refractivity contribution in [2.24, 2.45) is 17.3 Å². The second-order valence-electron chi connectivity index (χ2n) is 5.98. The molecule has 86 valence electrons. The van der Waals surface area contributed by atoms with E-state index in [0.717, 1.165) is 0 Å². The first kappa shape index (κ1) is 12.4. The van der Waals surface area contributed by atoms with Gasteiger partial charge in [0.25, 0.3) is 0 Å². The number of hydrogen-bond donors (Lipinski definition) is 1. The topological polar surface area (TPSA) is 12.0 Å². The molecule has 15 heavy (non-hydrogen) atoms. The van der Waals surface area contributed by atoms with Gasteiger partial charge in [-0.1, -0.05) is 40.7 Å². The molecule has 0 saturated heterocycles. The number of nitrogens with one attached hydrogen (secondary N) is 1. The van der Waals surface area contributed by atoms with Crippen molar-refractivity contribution in [1.82, 2.24) is 5.32 Å². The van der Waals surface area contributed by atoms with Crippen molar-refractivity contribution in [1.29, 1.82) is 0 Å². The van der Waals surface area contributed by atoms with E-state index in [9.17, 15) is 0 Å². The third-order valence-electron chi connectivity index (χ3n) is 3.21. The summed E-state index contributed by atoms with van der Waals surface area (Å²) in [5.41, 5.74) is 1.69. The molecule has 1 N–H and O–H groups in total. The molecular formula is C14H25N. The normalized spacial score (nSPS) is 27.3. The van der Waals surface area contributed by atoms with Gasteiger partial charge in [0.1, 0.15) is 0 Å². The van der Waals surface area contributed by atoms with Gasteiger partial charge in [-0.3, -0.25) is 0 Å². The van der Waals surface area contributed by atoms with E-state index in [4.69, 9.17) is 0 Å². The van der Waals surface area contributed by atoms with E-state index >= 15 is 0 Å². The molecule has 0 aromatic carbocycles. The Balaban J connectivity index is 2.99. The highest BCUT2D eigenvalue weighted by Crippen LogP contribution is 2.31. The zero-order valence-electron chi connectivity index (χ0n) is 11.0. The van der Waals surface area contributed by atoms with Crippen LogP contribution in [-0.4, -0.2) is 6.04 Å². The Morgan fingerprint density at radius 3 is 2.33 bits per heavy atom. The van der Waals surface area contributed by atoms with Crippen LogP contribution in [0.15, 0.2) is 23.9 Å². The van der Waals surface area contributed by atoms with Gasteiger partial charge in [-0.15, -0.1) is 0 Å². The van der Waals surface area contributed by atoms with Gasteiger partial charge in [0, 0.05) is 6.04 Å². The highest BCUT2D eigenvalue weighted by molar-refractivity contribution is 5.27. The summed E-state index contributed by atoms with van der Waals surface area (Å²) in [7, 11) is 0. The van der Waals surface area contributed by atoms with Crippen LogP contribution in [0.5, 0.6) is 0 Å². The summed E-state index contributed by atoms with van der Waals surface area (Å²) in [6.07, 6.45) is 6.77. The van der Waals surface area contributed by atoms with E-state index in [-0.39, 0.29) is 5.41 Å². The van der Waals surface area contributed by atoms with E-state index in [1.54, 1.807) is 0 Å². The fourth-order valence-electron chi connectivity index (χ4n) is 2.08. The van der Waals surface area contributed by atoms with Crippen molar-refractivity contribution in [2.75, 3.05) is 0 Å². The van der Waals surface area contributed by atoms with Crippen molar-refractivity contribution in [3.63, 3.8) is 0 Å². The fraction of sp³-hybridized carbons (Fsp3) is 0.714. The van der Waals surface area contributed by atoms with Crippen molar-refractivity contribution >= 4 is 0 Å². The van der Waals surface area contributed by atoms with Crippen molar-refractivity contribution in [3.05, 3.63) is 23.9 Å². The summed E-state index contributed by atoms with van der Waals surface area (Å²) in [5, 5.41) is 3.45. The lowest BCUT2D eigenvalue weighted by Gasteiger charge is -2.26. The maximum Gasteiger partial charge on any atom is 0.0292 e. The summed E-state index contributed by atoms with van der Waals surface area (Å²) < 4.78 is 0. The largest absolute Gasteiger partial charge is 0.388 e. The van der Waals surface area contributed by atoms with E-state index in [1.807, 2.05) is 0 Å². The first-order chi connectivity index (χ1) is 6.82. The molecule has 2 atom stereocenters. The third kappa shape index (κ3) is 3.12. The van der Waals surface area contributed by atoms with E-state index in [1.165, 1.54) is 5.57 Å². The van der Waals surface area contributed by atoms with E-state index in [2.05, 4.69) is 65.2 Å². The molecule has 0 bridgehead atoms. The molecule has 1 aliphatic heterocycles. The molecule has 0 spiro atoms. The maximum atomic E-state index is 3.45. The molecule has 1 heteroatoms. The average Bonchev–Trinajstić information content (AvgIpc) is 2.25. The summed E-state index contributed by atoms with van der Waals surface area (Å²) in [6, 6.07) is 0.529. The van der Waals surface area contributed by atoms with Crippen LogP contribution in [0.1, 0.15) is 41.5 Å². The number of rotatable bonds is 1. The van der Waals surface area contributed by atoms with Crippen LogP contribution in [0.25, 0.3) is 0 Å². The van der Waals surface area contributed by atoms with Gasteiger partial charge in [0.15, 0.2) is 0 Å². The van der Waals surface area contributed by atoms with Gasteiger partial charge >= 0.3 is 0 Å². The second-order valence-corrected chi connectivity index (χ2v) is 5.98. The average molecular weight is 207 g/mol. The van der Waals surface area contributed by atoms with Crippen LogP contribution >= 0.6 is 0 Å². The Morgan fingerprint density at radius 1 is 1.27 bits per heavy atom. The van der Waals surface area contributed by atoms with Crippen LogP contribution in [0.2, 0.25) is 0 Å². The Bertz CT molecular complexity index is 266. The van der Waals surface area contributed by atoms with Crippen LogP contribution < -0.4 is 5.32 Å². The monoisotopic (exact) mass is 207 g/mol. The molecule has 0 amide bonds. The molecule has 1 rings (SSSR count). The molecule has 2 unspecified atom stereocenters. The fourth-order valence-corrected chi connectivity index (χ4v) is 2.08. The van der Waals surface area contributed by atoms with Crippen LogP contribution in [0.4, 0.5) is 0 Å². The zero-order chi connectivity index (χ0) is 11.6. The van der Waals surface area contributed by atoms with Crippen LogP contribution in [0, 0.1) is 17.3 Å². The minimum Gasteiger partial charge on any atom is -0.388 e. The first-order valence-electron chi connectivity index (χ1n) is 5.97. The maximum absolute atomic E-state index is 3.45. The Hall–Kier alpha value is -0.720. The third-order valence-corrected chi connectivity index (χ3v) is 3.21. The highest BCUT2D eigenvalue weighted by Gasteiger charge is 2.23. The molecule has 0 aromatic rings. The molecule has 0 radical (unpaired) electrons. The Labute approximate surface area is 94.6 Å². The predicted octanol–water partition coefficient (Wildman–Crippen LogP) is 3.74. The van der Waals surface area contributed by atoms with Gasteiger partial charge in [-0.05, 0) is 42.0 Å². The zero-order valence-corrected chi connectivity index (χ0v) is 11.0. The van der Waals surface area contributed by atoms with Crippen LogP contribution in [0.3, 0.4) is 0 Å². The van der Waals surface area contributed by atoms with Gasteiger partial charge in [-0.2, -0.15) is 0 Å². The lowest BCUT2D eigenvalue weighted by atomic mass is 9.81. The molecule has 0 aliphatic carbocycles. The Morgan fingerprint density at radius 2 is 1.87 bits per heavy atom. The van der Waals surface area contributed by atoms with Gasteiger partial charge in [0.2, 0.25) is 0 Å². The Kier molecular flexibility index (Phi) is 3.64. The lowest BCUT2D eigenvalue weighted by molar-refractivity contribution is 0.372. The number of hydrogen-bond acceptors (Lipinski definition) is 1. The van der Waals surface area contributed by atoms with E-state index < -0.39 is 0 Å². The van der Waals surface area contributed by atoms with Crippen molar-refractivity contribution < 1.29 is 0 Å². The van der Waals surface area contributed by atoms with Crippen molar-refractivity contribution in [3.8, 4) is 0 Å². The lowest BCUT2D eigenvalue weighted by Crippen LogP contribution is -2.31. The predicted molar refractivity (Wildman–Crippen MR) is 67.6 cm³/mol. The highest BCUT2D eigenvalue weighted by atomic mass is 14.9. The first-order valence-corrected chi connectivity index (χ1v) is 5.97. The van der Waals surface area contributed by atoms with Crippen molar-refractivity contribution in [2.45, 2.75) is 47.6 Å². The molecule has 0 aromatic heterocycles. The summed E-state index contributed by atoms with van der Waals surface area (Å²) in [4.78, 5) is 0. The molecule has 1 nitrogen and oxygen atoms in total. The SMILES string of the molecule is CC(C)C1C=C(C(C)(C)C)C=CNC1C. The second kappa shape index (κ2) is 4.42. The molecule has 0 saturated carbocycles. The van der Waals surface area contributed by atoms with E-state index in [0.29, 0.717) is 17.9 Å². The summed E-state index contributed by atoms with van der Waals surface area (Å²) in [5.74, 6) is 1.30. The molecular weight excluding hydrogens is 182 g/mol. The summed E-state index contributed by atoms with van der Waals surface area (Å²) >= 11 is 0. The number of allylic oxidation sites excluding steroid dienone is 2. The molecule has 1 aliphatic rings. The smallest absolute Gasteiger partial charge is 0.0292 e. The van der Waals surface area contributed by atoms with Crippen LogP contribution in [-0.2, 0) is 0 Å². The van der Waals surface area contributed by atoms with Gasteiger partial charge < -0.3 is 5.32 Å². The molecule has 1 heterocycles. The summed E-state index contributed by atoms with van der Waals surface area (Å²) in [6.45, 7) is 13.7. The molecule has 0 fully saturated rings. The minimum absolute atomic E-state index is 0.245. The quantitative estimate of drug-likeness (QED) is 0.690. The van der Waals surface area contributed by atoms with Gasteiger partial charge in [0.05, 0.1) is 0 Å².